The van der Waals surface area contributed by atoms with Crippen LogP contribution < -0.4 is 10.6 Å². The van der Waals surface area contributed by atoms with E-state index in [1.54, 1.807) is 20.8 Å². The van der Waals surface area contributed by atoms with Crippen LogP contribution in [0.25, 0.3) is 0 Å². The molecule has 4 amide bonds. The van der Waals surface area contributed by atoms with E-state index in [0.29, 0.717) is 6.54 Å². The van der Waals surface area contributed by atoms with E-state index in [1.165, 1.54) is 9.96 Å². The van der Waals surface area contributed by atoms with Gasteiger partial charge in [0.15, 0.2) is 0 Å². The van der Waals surface area contributed by atoms with Gasteiger partial charge in [0.25, 0.3) is 0 Å². The number of nitrogens with zero attached hydrogens (tertiary/aromatic N) is 2. The zero-order valence-corrected chi connectivity index (χ0v) is 20.6. The maximum Gasteiger partial charge on any atom is 0.409 e. The maximum atomic E-state index is 13.0. The maximum absolute atomic E-state index is 13.0. The number of urea groups is 1. The van der Waals surface area contributed by atoms with E-state index in [1.807, 2.05) is 13.0 Å². The molecule has 2 aliphatic rings. The Balaban J connectivity index is 2.02. The first-order valence-corrected chi connectivity index (χ1v) is 13.2. The normalized spacial score (nSPS) is 22.0. The summed E-state index contributed by atoms with van der Waals surface area (Å²) < 4.78 is 11.4. The van der Waals surface area contributed by atoms with Crippen molar-refractivity contribution in [2.75, 3.05) is 13.2 Å². The Kier molecular flexibility index (Phi) is 6.63. The molecule has 2 rings (SSSR count). The molecule has 10 heteroatoms. The first-order valence-electron chi connectivity index (χ1n) is 10.3. The Morgan fingerprint density at radius 3 is 2.30 bits per heavy atom. The summed E-state index contributed by atoms with van der Waals surface area (Å²) in [6.07, 6.45) is 1.30. The van der Waals surface area contributed by atoms with Crippen molar-refractivity contribution < 1.29 is 23.6 Å². The molecule has 0 aromatic carbocycles. The van der Waals surface area contributed by atoms with Crippen molar-refractivity contribution >= 4 is 26.3 Å². The summed E-state index contributed by atoms with van der Waals surface area (Å²) in [7, 11) is -2.21. The summed E-state index contributed by atoms with van der Waals surface area (Å²) in [6.45, 7) is 17.9. The quantitative estimate of drug-likeness (QED) is 0.389. The number of ether oxygens (including phenoxy) is 1. The van der Waals surface area contributed by atoms with Crippen LogP contribution in [0.1, 0.15) is 48.5 Å². The van der Waals surface area contributed by atoms with Gasteiger partial charge in [0.2, 0.25) is 14.2 Å². The van der Waals surface area contributed by atoms with E-state index in [-0.39, 0.29) is 29.7 Å². The van der Waals surface area contributed by atoms with Crippen LogP contribution in [0.2, 0.25) is 18.1 Å². The average molecular weight is 441 g/mol. The highest BCUT2D eigenvalue weighted by molar-refractivity contribution is 6.74. The molecule has 170 valence electrons. The minimum Gasteiger partial charge on any atom is -0.444 e. The highest BCUT2D eigenvalue weighted by Gasteiger charge is 2.50. The molecule has 2 atom stereocenters. The summed E-state index contributed by atoms with van der Waals surface area (Å²) in [4.78, 5) is 39.1. The van der Waals surface area contributed by atoms with Gasteiger partial charge in [-0.15, -0.1) is 0 Å². The van der Waals surface area contributed by atoms with Crippen LogP contribution in [0.5, 0.6) is 0 Å². The van der Waals surface area contributed by atoms with Crippen molar-refractivity contribution in [1.29, 1.82) is 0 Å². The fourth-order valence-electron chi connectivity index (χ4n) is 3.05. The van der Waals surface area contributed by atoms with Gasteiger partial charge in [-0.2, -0.15) is 0 Å². The molecular formula is C20H36N4O5Si. The van der Waals surface area contributed by atoms with Gasteiger partial charge < -0.3 is 24.8 Å². The molecule has 2 aliphatic heterocycles. The molecular weight excluding hydrogens is 404 g/mol. The van der Waals surface area contributed by atoms with Crippen LogP contribution in [0.15, 0.2) is 11.6 Å². The lowest BCUT2D eigenvalue weighted by Gasteiger charge is -2.39. The second-order valence-electron chi connectivity index (χ2n) is 10.4. The molecule has 2 bridgehead atoms. The summed E-state index contributed by atoms with van der Waals surface area (Å²) in [5.41, 5.74) is 0.150. The van der Waals surface area contributed by atoms with E-state index in [4.69, 9.17) is 9.26 Å². The van der Waals surface area contributed by atoms with Gasteiger partial charge in [-0.25, -0.2) is 14.7 Å². The van der Waals surface area contributed by atoms with Gasteiger partial charge in [0.05, 0.1) is 19.3 Å². The van der Waals surface area contributed by atoms with Gasteiger partial charge in [-0.05, 0) is 51.4 Å². The number of hydroxylamine groups is 2. The molecule has 0 aromatic rings. The highest BCUT2D eigenvalue weighted by atomic mass is 28.4. The van der Waals surface area contributed by atoms with Crippen LogP contribution in [0, 0.1) is 0 Å². The third kappa shape index (κ3) is 5.34. The minimum absolute atomic E-state index is 0.0534. The van der Waals surface area contributed by atoms with Gasteiger partial charge in [0.1, 0.15) is 11.6 Å². The lowest BCUT2D eigenvalue weighted by Crippen LogP contribution is -2.52. The van der Waals surface area contributed by atoms with Gasteiger partial charge in [-0.3, -0.25) is 4.79 Å². The van der Waals surface area contributed by atoms with E-state index in [0.717, 1.165) is 5.57 Å². The molecule has 0 aromatic heterocycles. The number of nitrogens with one attached hydrogen (secondary N) is 2. The minimum atomic E-state index is -2.21. The van der Waals surface area contributed by atoms with E-state index in [2.05, 4.69) is 44.5 Å². The molecule has 0 spiro atoms. The molecule has 1 fully saturated rings. The highest BCUT2D eigenvalue weighted by Crippen LogP contribution is 2.39. The Morgan fingerprint density at radius 2 is 1.77 bits per heavy atom. The fraction of sp³-hybridized carbons (Fsp3) is 0.750. The van der Waals surface area contributed by atoms with Crippen LogP contribution >= 0.6 is 0 Å². The summed E-state index contributed by atoms with van der Waals surface area (Å²) >= 11 is 0. The number of carbonyl (C=O) groups excluding carboxylic acids is 3. The number of hydrogen-bond acceptors (Lipinski definition) is 5. The van der Waals surface area contributed by atoms with E-state index < -0.39 is 26.1 Å². The first-order chi connectivity index (χ1) is 13.5. The largest absolute Gasteiger partial charge is 0.444 e. The van der Waals surface area contributed by atoms with Crippen molar-refractivity contribution in [3.63, 3.8) is 0 Å². The zero-order chi connectivity index (χ0) is 23.1. The summed E-state index contributed by atoms with van der Waals surface area (Å²) in [5.74, 6) is -0.360. The number of amides is 4. The molecule has 0 radical (unpaired) electrons. The topological polar surface area (TPSA) is 100 Å². The number of hydrogen-bond donors (Lipinski definition) is 2. The number of rotatable bonds is 5. The van der Waals surface area contributed by atoms with Crippen molar-refractivity contribution in [3.05, 3.63) is 11.6 Å². The van der Waals surface area contributed by atoms with Crippen molar-refractivity contribution in [2.24, 2.45) is 0 Å². The Bertz CT molecular complexity index is 738. The predicted octanol–water partition coefficient (Wildman–Crippen LogP) is 2.96. The predicted molar refractivity (Wildman–Crippen MR) is 116 cm³/mol. The summed E-state index contributed by atoms with van der Waals surface area (Å²) in [6, 6.07) is -1.25. The monoisotopic (exact) mass is 440 g/mol. The second-order valence-corrected chi connectivity index (χ2v) is 15.1. The van der Waals surface area contributed by atoms with Crippen molar-refractivity contribution in [2.45, 2.75) is 84.3 Å². The van der Waals surface area contributed by atoms with Crippen LogP contribution in [0.4, 0.5) is 9.59 Å². The Labute approximate surface area is 180 Å². The smallest absolute Gasteiger partial charge is 0.409 e. The summed E-state index contributed by atoms with van der Waals surface area (Å²) in [5, 5.41) is 6.53. The molecule has 2 heterocycles. The second kappa shape index (κ2) is 8.22. The third-order valence-electron chi connectivity index (χ3n) is 5.59. The standard InChI is InChI=1S/C20H36N4O5Si/c1-13-10-14-11-23(18(27)24(14)29-30(8,9)20(5,6)7)15(13)16(25)21-12-22-17(26)28-19(2,3)4/h10,14-15H,11-12H2,1-9H3,(H,21,25)(H,22,26)/t14-,15+/m1/s1. The van der Waals surface area contributed by atoms with Crippen LogP contribution in [-0.4, -0.2) is 67.2 Å². The van der Waals surface area contributed by atoms with Crippen molar-refractivity contribution in [1.82, 2.24) is 20.6 Å². The van der Waals surface area contributed by atoms with Crippen LogP contribution in [0.3, 0.4) is 0 Å². The average Bonchev–Trinajstić information content (AvgIpc) is 2.77. The fourth-order valence-corrected chi connectivity index (χ4v) is 4.03. The van der Waals surface area contributed by atoms with Crippen LogP contribution in [-0.2, 0) is 14.1 Å². The molecule has 1 saturated heterocycles. The Hall–Kier alpha value is -2.07. The van der Waals surface area contributed by atoms with Gasteiger partial charge in [0, 0.05) is 0 Å². The molecule has 0 aliphatic carbocycles. The SMILES string of the molecule is CC1=C[C@@H]2CN(C(=O)N2O[Si](C)(C)C(C)(C)C)[C@@H]1C(=O)NCNC(=O)OC(C)(C)C. The number of carbonyl (C=O) groups is 3. The van der Waals surface area contributed by atoms with E-state index in [9.17, 15) is 14.4 Å². The molecule has 0 unspecified atom stereocenters. The molecule has 30 heavy (non-hydrogen) atoms. The third-order valence-corrected chi connectivity index (χ3v) is 9.86. The molecule has 0 saturated carbocycles. The Morgan fingerprint density at radius 1 is 1.17 bits per heavy atom. The molecule has 2 N–H and O–H groups in total. The first kappa shape index (κ1) is 24.2. The van der Waals surface area contributed by atoms with E-state index >= 15 is 0 Å². The van der Waals surface area contributed by atoms with Gasteiger partial charge in [-0.1, -0.05) is 26.8 Å². The van der Waals surface area contributed by atoms with Crippen molar-refractivity contribution in [3.8, 4) is 0 Å². The molecule has 9 nitrogen and oxygen atoms in total. The lowest BCUT2D eigenvalue weighted by molar-refractivity contribution is -0.124. The zero-order valence-electron chi connectivity index (χ0n) is 19.6. The number of alkyl carbamates (subject to hydrolysis) is 1. The lowest BCUT2D eigenvalue weighted by atomic mass is 10.0. The number of fused-ring (bicyclic) bond motifs is 2. The van der Waals surface area contributed by atoms with Gasteiger partial charge >= 0.3 is 12.1 Å².